The summed E-state index contributed by atoms with van der Waals surface area (Å²) in [6.45, 7) is 0. The number of amides is 1. The van der Waals surface area contributed by atoms with Crippen LogP contribution in [0, 0.1) is 11.8 Å². The number of hydrogen-bond acceptors (Lipinski definition) is 2. The number of benzene rings is 1. The van der Waals surface area contributed by atoms with Crippen LogP contribution in [0.1, 0.15) is 21.6 Å². The van der Waals surface area contributed by atoms with Crippen molar-refractivity contribution in [3.05, 3.63) is 65.5 Å². The first-order chi connectivity index (χ1) is 8.27. The molecule has 0 saturated heterocycles. The first kappa shape index (κ1) is 10.9. The number of carbonyl (C=O) groups excluding carboxylic acids is 1. The summed E-state index contributed by atoms with van der Waals surface area (Å²) < 4.78 is 0. The molecule has 82 valence electrons. The third kappa shape index (κ3) is 2.70. The molecule has 2 aromatic rings. The van der Waals surface area contributed by atoms with E-state index in [1.807, 2.05) is 18.2 Å². The van der Waals surface area contributed by atoms with Crippen LogP contribution in [-0.4, -0.2) is 10.9 Å². The maximum absolute atomic E-state index is 11.2. The number of carbonyl (C=O) groups is 1. The number of aromatic nitrogens is 1. The zero-order chi connectivity index (χ0) is 12.1. The lowest BCUT2D eigenvalue weighted by Gasteiger charge is -1.97. The van der Waals surface area contributed by atoms with Gasteiger partial charge in [0.05, 0.1) is 5.56 Å². The minimum Gasteiger partial charge on any atom is -0.366 e. The fourth-order valence-corrected chi connectivity index (χ4v) is 1.38. The fourth-order valence-electron chi connectivity index (χ4n) is 1.38. The SMILES string of the molecule is NC(=O)c1ccccc1C#Cc1ccccn1. The van der Waals surface area contributed by atoms with Crippen molar-refractivity contribution >= 4 is 5.91 Å². The smallest absolute Gasteiger partial charge is 0.249 e. The minimum atomic E-state index is -0.476. The summed E-state index contributed by atoms with van der Waals surface area (Å²) in [5.74, 6) is 5.31. The van der Waals surface area contributed by atoms with Crippen molar-refractivity contribution in [1.29, 1.82) is 0 Å². The van der Waals surface area contributed by atoms with Crippen molar-refractivity contribution in [3.63, 3.8) is 0 Å². The molecule has 3 heteroatoms. The first-order valence-electron chi connectivity index (χ1n) is 5.09. The van der Waals surface area contributed by atoms with Crippen molar-refractivity contribution in [1.82, 2.24) is 4.98 Å². The second kappa shape index (κ2) is 4.95. The Morgan fingerprint density at radius 2 is 1.82 bits per heavy atom. The van der Waals surface area contributed by atoms with Crippen molar-refractivity contribution in [2.24, 2.45) is 5.73 Å². The van der Waals surface area contributed by atoms with Gasteiger partial charge in [-0.15, -0.1) is 0 Å². The number of nitrogens with zero attached hydrogens (tertiary/aromatic N) is 1. The van der Waals surface area contributed by atoms with Gasteiger partial charge in [-0.2, -0.15) is 0 Å². The van der Waals surface area contributed by atoms with E-state index >= 15 is 0 Å². The van der Waals surface area contributed by atoms with E-state index in [0.717, 1.165) is 0 Å². The Labute approximate surface area is 99.3 Å². The molecule has 1 heterocycles. The summed E-state index contributed by atoms with van der Waals surface area (Å²) >= 11 is 0. The van der Waals surface area contributed by atoms with Crippen molar-refractivity contribution in [2.45, 2.75) is 0 Å². The van der Waals surface area contributed by atoms with E-state index in [-0.39, 0.29) is 0 Å². The lowest BCUT2D eigenvalue weighted by molar-refractivity contribution is 0.1000. The molecule has 3 nitrogen and oxygen atoms in total. The molecule has 0 unspecified atom stereocenters. The zero-order valence-corrected chi connectivity index (χ0v) is 9.05. The number of pyridine rings is 1. The van der Waals surface area contributed by atoms with Crippen molar-refractivity contribution in [3.8, 4) is 11.8 Å². The van der Waals surface area contributed by atoms with Gasteiger partial charge in [-0.1, -0.05) is 24.1 Å². The molecule has 0 aliphatic carbocycles. The molecule has 0 aliphatic rings. The Morgan fingerprint density at radius 1 is 1.06 bits per heavy atom. The number of primary amides is 1. The predicted molar refractivity (Wildman–Crippen MR) is 65.2 cm³/mol. The molecule has 2 rings (SSSR count). The Hall–Kier alpha value is -2.60. The van der Waals surface area contributed by atoms with Gasteiger partial charge in [-0.05, 0) is 30.2 Å². The van der Waals surface area contributed by atoms with Gasteiger partial charge < -0.3 is 5.73 Å². The zero-order valence-electron chi connectivity index (χ0n) is 9.05. The maximum atomic E-state index is 11.2. The van der Waals surface area contributed by atoms with Crippen LogP contribution in [0.4, 0.5) is 0 Å². The maximum Gasteiger partial charge on any atom is 0.249 e. The lowest BCUT2D eigenvalue weighted by atomic mass is 10.1. The van der Waals surface area contributed by atoms with Crippen LogP contribution in [0.25, 0.3) is 0 Å². The molecule has 17 heavy (non-hydrogen) atoms. The van der Waals surface area contributed by atoms with Crippen molar-refractivity contribution < 1.29 is 4.79 Å². The number of nitrogens with two attached hydrogens (primary N) is 1. The predicted octanol–water partition coefficient (Wildman–Crippen LogP) is 1.58. The number of rotatable bonds is 1. The van der Waals surface area contributed by atoms with E-state index in [4.69, 9.17) is 5.73 Å². The van der Waals surface area contributed by atoms with E-state index in [1.54, 1.807) is 30.5 Å². The highest BCUT2D eigenvalue weighted by atomic mass is 16.1. The molecule has 0 bridgehead atoms. The van der Waals surface area contributed by atoms with E-state index < -0.39 is 5.91 Å². The Bertz CT molecular complexity index is 594. The van der Waals surface area contributed by atoms with Gasteiger partial charge in [-0.25, -0.2) is 4.98 Å². The van der Waals surface area contributed by atoms with Crippen molar-refractivity contribution in [2.75, 3.05) is 0 Å². The Kier molecular flexibility index (Phi) is 3.18. The molecule has 1 aromatic heterocycles. The highest BCUT2D eigenvalue weighted by molar-refractivity contribution is 5.95. The average Bonchev–Trinajstić information content (AvgIpc) is 2.38. The Morgan fingerprint density at radius 3 is 2.53 bits per heavy atom. The average molecular weight is 222 g/mol. The van der Waals surface area contributed by atoms with Crippen LogP contribution >= 0.6 is 0 Å². The van der Waals surface area contributed by atoms with E-state index in [9.17, 15) is 4.79 Å². The lowest BCUT2D eigenvalue weighted by Crippen LogP contribution is -2.12. The van der Waals surface area contributed by atoms with E-state index in [2.05, 4.69) is 16.8 Å². The molecule has 0 saturated carbocycles. The van der Waals surface area contributed by atoms with Gasteiger partial charge in [0, 0.05) is 11.8 Å². The molecule has 2 N–H and O–H groups in total. The number of hydrogen-bond donors (Lipinski definition) is 1. The van der Waals surface area contributed by atoms with Crippen LogP contribution < -0.4 is 5.73 Å². The molecular formula is C14H10N2O. The van der Waals surface area contributed by atoms with E-state index in [0.29, 0.717) is 16.8 Å². The molecule has 0 aliphatic heterocycles. The monoisotopic (exact) mass is 222 g/mol. The standard InChI is InChI=1S/C14H10N2O/c15-14(17)13-7-2-1-5-11(13)8-9-12-6-3-4-10-16-12/h1-7,10H,(H2,15,17). The summed E-state index contributed by atoms with van der Waals surface area (Å²) in [4.78, 5) is 15.3. The summed E-state index contributed by atoms with van der Waals surface area (Å²) in [5.41, 5.74) is 6.96. The van der Waals surface area contributed by atoms with Gasteiger partial charge in [0.1, 0.15) is 5.69 Å². The molecule has 0 atom stereocenters. The minimum absolute atomic E-state index is 0.427. The summed E-state index contributed by atoms with van der Waals surface area (Å²) in [6.07, 6.45) is 1.67. The third-order valence-electron chi connectivity index (χ3n) is 2.18. The van der Waals surface area contributed by atoms with Crippen LogP contribution in [0.15, 0.2) is 48.7 Å². The van der Waals surface area contributed by atoms with Crippen LogP contribution in [0.3, 0.4) is 0 Å². The quantitative estimate of drug-likeness (QED) is 0.745. The molecule has 1 aromatic carbocycles. The molecule has 1 amide bonds. The Balaban J connectivity index is 2.38. The van der Waals surface area contributed by atoms with Gasteiger partial charge in [0.25, 0.3) is 0 Å². The molecular weight excluding hydrogens is 212 g/mol. The summed E-state index contributed by atoms with van der Waals surface area (Å²) in [6, 6.07) is 12.5. The first-order valence-corrected chi connectivity index (χ1v) is 5.09. The van der Waals surface area contributed by atoms with Gasteiger partial charge in [-0.3, -0.25) is 4.79 Å². The highest BCUT2D eigenvalue weighted by Crippen LogP contribution is 2.06. The third-order valence-corrected chi connectivity index (χ3v) is 2.18. The molecule has 0 radical (unpaired) electrons. The fraction of sp³-hybridized carbons (Fsp3) is 0. The summed E-state index contributed by atoms with van der Waals surface area (Å²) in [5, 5.41) is 0. The van der Waals surface area contributed by atoms with E-state index in [1.165, 1.54) is 0 Å². The topological polar surface area (TPSA) is 56.0 Å². The highest BCUT2D eigenvalue weighted by Gasteiger charge is 2.03. The van der Waals surface area contributed by atoms with Crippen LogP contribution in [0.2, 0.25) is 0 Å². The van der Waals surface area contributed by atoms with Crippen LogP contribution in [0.5, 0.6) is 0 Å². The van der Waals surface area contributed by atoms with Gasteiger partial charge in [0.2, 0.25) is 5.91 Å². The summed E-state index contributed by atoms with van der Waals surface area (Å²) in [7, 11) is 0. The normalized spacial score (nSPS) is 9.18. The van der Waals surface area contributed by atoms with Gasteiger partial charge in [0.15, 0.2) is 0 Å². The molecule has 0 fully saturated rings. The largest absolute Gasteiger partial charge is 0.366 e. The second-order valence-electron chi connectivity index (χ2n) is 3.37. The molecule has 0 spiro atoms. The van der Waals surface area contributed by atoms with Gasteiger partial charge >= 0.3 is 0 Å². The second-order valence-corrected chi connectivity index (χ2v) is 3.37. The van der Waals surface area contributed by atoms with Crippen LogP contribution in [-0.2, 0) is 0 Å².